The number of aromatic nitrogens is 1. The van der Waals surface area contributed by atoms with E-state index in [0.717, 1.165) is 5.56 Å². The fraction of sp³-hybridized carbons (Fsp3) is 0. The number of carbonyl (C=O) groups is 1. The summed E-state index contributed by atoms with van der Waals surface area (Å²) in [5, 5.41) is 3.69. The van der Waals surface area contributed by atoms with Crippen LogP contribution in [0.1, 0.15) is 10.4 Å². The second-order valence-electron chi connectivity index (χ2n) is 2.77. The molecular weight excluding hydrogens is 180 g/mol. The van der Waals surface area contributed by atoms with Crippen LogP contribution in [0.15, 0.2) is 41.1 Å². The summed E-state index contributed by atoms with van der Waals surface area (Å²) in [5.41, 5.74) is 8.37. The first-order valence-corrected chi connectivity index (χ1v) is 4.05. The molecule has 0 aliphatic rings. The van der Waals surface area contributed by atoms with Gasteiger partial charge in [0.15, 0.2) is 0 Å². The maximum Gasteiger partial charge on any atom is 0.275 e. The Balaban J connectivity index is 2.52. The normalized spacial score (nSPS) is 10.0. The van der Waals surface area contributed by atoms with Gasteiger partial charge in [0.25, 0.3) is 5.91 Å². The van der Waals surface area contributed by atoms with E-state index in [1.54, 1.807) is 0 Å². The van der Waals surface area contributed by atoms with Crippen molar-refractivity contribution in [3.05, 3.63) is 42.2 Å². The van der Waals surface area contributed by atoms with Crippen LogP contribution in [0.2, 0.25) is 0 Å². The number of hydrogen-bond donors (Lipinski definition) is 0. The van der Waals surface area contributed by atoms with E-state index in [9.17, 15) is 4.79 Å². The average Bonchev–Trinajstić information content (AvgIpc) is 2.67. The first-order chi connectivity index (χ1) is 6.79. The Bertz CT molecular complexity index is 448. The minimum atomic E-state index is -0.787. The Morgan fingerprint density at radius 2 is 2.00 bits per heavy atom. The van der Waals surface area contributed by atoms with Crippen molar-refractivity contribution in [1.29, 1.82) is 0 Å². The molecule has 2 aromatic rings. The average molecular weight is 187 g/mol. The third kappa shape index (κ3) is 1.37. The molecule has 0 aliphatic carbocycles. The van der Waals surface area contributed by atoms with Gasteiger partial charge in [-0.05, 0) is 0 Å². The molecule has 1 radical (unpaired) electrons. The lowest BCUT2D eigenvalue weighted by Gasteiger charge is -1.95. The summed E-state index contributed by atoms with van der Waals surface area (Å²) in [4.78, 5) is 10.9. The Kier molecular flexibility index (Phi) is 2.02. The molecule has 2 rings (SSSR count). The fourth-order valence-electron chi connectivity index (χ4n) is 1.20. The van der Waals surface area contributed by atoms with Crippen LogP contribution in [-0.4, -0.2) is 11.1 Å². The van der Waals surface area contributed by atoms with Gasteiger partial charge in [0.2, 0.25) is 0 Å². The van der Waals surface area contributed by atoms with Gasteiger partial charge >= 0.3 is 0 Å². The summed E-state index contributed by atoms with van der Waals surface area (Å²) in [5.74, 6) is -0.787. The van der Waals surface area contributed by atoms with Crippen LogP contribution < -0.4 is 5.73 Å². The van der Waals surface area contributed by atoms with Gasteiger partial charge in [-0.1, -0.05) is 35.5 Å². The van der Waals surface area contributed by atoms with Gasteiger partial charge in [-0.3, -0.25) is 10.5 Å². The zero-order valence-corrected chi connectivity index (χ0v) is 7.23. The van der Waals surface area contributed by atoms with Crippen LogP contribution in [0.25, 0.3) is 11.3 Å². The van der Waals surface area contributed by atoms with Crippen molar-refractivity contribution < 1.29 is 9.32 Å². The standard InChI is InChI=1S/C10H7N2O2/c11-10(13)8-6-14-12-9(8)7-4-2-1-3-5-7/h1-6,11H. The lowest BCUT2D eigenvalue weighted by molar-refractivity contribution is 0.0992. The van der Waals surface area contributed by atoms with E-state index in [-0.39, 0.29) is 5.56 Å². The van der Waals surface area contributed by atoms with E-state index in [1.807, 2.05) is 30.3 Å². The zero-order valence-electron chi connectivity index (χ0n) is 7.23. The smallest absolute Gasteiger partial charge is 0.275 e. The van der Waals surface area contributed by atoms with Crippen molar-refractivity contribution in [2.75, 3.05) is 0 Å². The molecule has 0 saturated carbocycles. The summed E-state index contributed by atoms with van der Waals surface area (Å²) < 4.78 is 4.67. The highest BCUT2D eigenvalue weighted by molar-refractivity contribution is 5.97. The first-order valence-electron chi connectivity index (χ1n) is 4.05. The molecule has 0 fully saturated rings. The van der Waals surface area contributed by atoms with Gasteiger partial charge in [0.1, 0.15) is 17.5 Å². The van der Waals surface area contributed by atoms with Crippen molar-refractivity contribution in [3.63, 3.8) is 0 Å². The summed E-state index contributed by atoms with van der Waals surface area (Å²) in [6.45, 7) is 0. The molecule has 0 saturated heterocycles. The lowest BCUT2D eigenvalue weighted by Crippen LogP contribution is -1.98. The van der Waals surface area contributed by atoms with Gasteiger partial charge in [-0.15, -0.1) is 0 Å². The molecule has 4 heteroatoms. The third-order valence-corrected chi connectivity index (χ3v) is 1.86. The highest BCUT2D eigenvalue weighted by Crippen LogP contribution is 2.21. The second-order valence-corrected chi connectivity index (χ2v) is 2.77. The van der Waals surface area contributed by atoms with Crippen LogP contribution in [0.5, 0.6) is 0 Å². The topological polar surface area (TPSA) is 66.9 Å². The highest BCUT2D eigenvalue weighted by Gasteiger charge is 2.14. The van der Waals surface area contributed by atoms with Crippen LogP contribution in [0.3, 0.4) is 0 Å². The van der Waals surface area contributed by atoms with Crippen molar-refractivity contribution >= 4 is 5.91 Å². The molecule has 0 spiro atoms. The number of rotatable bonds is 2. The number of nitrogens with one attached hydrogen (secondary N) is 1. The third-order valence-electron chi connectivity index (χ3n) is 1.86. The predicted octanol–water partition coefficient (Wildman–Crippen LogP) is 1.76. The minimum Gasteiger partial charge on any atom is -0.363 e. The molecule has 69 valence electrons. The van der Waals surface area contributed by atoms with Crippen LogP contribution in [0, 0.1) is 0 Å². The monoisotopic (exact) mass is 187 g/mol. The molecule has 1 amide bonds. The van der Waals surface area contributed by atoms with Crippen molar-refractivity contribution in [2.45, 2.75) is 0 Å². The van der Waals surface area contributed by atoms with Gasteiger partial charge in [0.05, 0.1) is 0 Å². The lowest BCUT2D eigenvalue weighted by atomic mass is 10.1. The Morgan fingerprint density at radius 3 is 2.64 bits per heavy atom. The summed E-state index contributed by atoms with van der Waals surface area (Å²) >= 11 is 0. The first kappa shape index (κ1) is 8.50. The molecule has 4 nitrogen and oxygen atoms in total. The van der Waals surface area contributed by atoms with E-state index in [0.29, 0.717) is 5.69 Å². The SMILES string of the molecule is [NH]C(=O)c1conc1-c1ccccc1. The van der Waals surface area contributed by atoms with Crippen molar-refractivity contribution in [2.24, 2.45) is 0 Å². The molecular formula is C10H7N2O2. The number of amides is 1. The van der Waals surface area contributed by atoms with Crippen LogP contribution in [0.4, 0.5) is 0 Å². The number of benzene rings is 1. The van der Waals surface area contributed by atoms with Gasteiger partial charge < -0.3 is 4.52 Å². The zero-order chi connectivity index (χ0) is 9.97. The van der Waals surface area contributed by atoms with Gasteiger partial charge in [-0.2, -0.15) is 0 Å². The number of hydrogen-bond acceptors (Lipinski definition) is 3. The number of carbonyl (C=O) groups excluding carboxylic acids is 1. The molecule has 1 aromatic heterocycles. The van der Waals surface area contributed by atoms with E-state index >= 15 is 0 Å². The second kappa shape index (κ2) is 3.33. The van der Waals surface area contributed by atoms with E-state index in [4.69, 9.17) is 5.73 Å². The Labute approximate surface area is 80.3 Å². The quantitative estimate of drug-likeness (QED) is 0.719. The van der Waals surface area contributed by atoms with Gasteiger partial charge in [-0.25, -0.2) is 0 Å². The molecule has 14 heavy (non-hydrogen) atoms. The maximum atomic E-state index is 10.9. The molecule has 0 bridgehead atoms. The maximum absolute atomic E-state index is 10.9. The Morgan fingerprint density at radius 1 is 1.29 bits per heavy atom. The van der Waals surface area contributed by atoms with E-state index in [1.165, 1.54) is 6.26 Å². The van der Waals surface area contributed by atoms with Crippen LogP contribution in [-0.2, 0) is 0 Å². The summed E-state index contributed by atoms with van der Waals surface area (Å²) in [6.07, 6.45) is 1.19. The highest BCUT2D eigenvalue weighted by atomic mass is 16.5. The largest absolute Gasteiger partial charge is 0.363 e. The summed E-state index contributed by atoms with van der Waals surface area (Å²) in [7, 11) is 0. The molecule has 0 aliphatic heterocycles. The van der Waals surface area contributed by atoms with E-state index in [2.05, 4.69) is 9.68 Å². The predicted molar refractivity (Wildman–Crippen MR) is 49.4 cm³/mol. The summed E-state index contributed by atoms with van der Waals surface area (Å²) in [6, 6.07) is 9.16. The van der Waals surface area contributed by atoms with Crippen molar-refractivity contribution in [1.82, 2.24) is 10.9 Å². The molecule has 0 unspecified atom stereocenters. The minimum absolute atomic E-state index is 0.191. The van der Waals surface area contributed by atoms with Crippen LogP contribution >= 0.6 is 0 Å². The molecule has 1 aromatic carbocycles. The Hall–Kier alpha value is -2.10. The van der Waals surface area contributed by atoms with E-state index < -0.39 is 5.91 Å². The fourth-order valence-corrected chi connectivity index (χ4v) is 1.20. The number of nitrogens with zero attached hydrogens (tertiary/aromatic N) is 1. The molecule has 1 heterocycles. The molecule has 1 N–H and O–H groups in total. The molecule has 0 atom stereocenters. The van der Waals surface area contributed by atoms with Crippen molar-refractivity contribution in [3.8, 4) is 11.3 Å². The van der Waals surface area contributed by atoms with Gasteiger partial charge in [0, 0.05) is 5.56 Å².